The predicted molar refractivity (Wildman–Crippen MR) is 58.8 cm³/mol. The summed E-state index contributed by atoms with van der Waals surface area (Å²) in [4.78, 5) is 0. The van der Waals surface area contributed by atoms with Crippen LogP contribution in [0.3, 0.4) is 0 Å². The molecule has 15 heavy (non-hydrogen) atoms. The molecule has 0 aliphatic carbocycles. The molecule has 0 aliphatic heterocycles. The molecule has 0 bridgehead atoms. The summed E-state index contributed by atoms with van der Waals surface area (Å²) in [6.45, 7) is 3.57. The Morgan fingerprint density at radius 3 is 2.80 bits per heavy atom. The molecule has 0 radical (unpaired) electrons. The third kappa shape index (κ3) is 3.38. The van der Waals surface area contributed by atoms with Gasteiger partial charge >= 0.3 is 0 Å². The van der Waals surface area contributed by atoms with E-state index in [0.29, 0.717) is 18.4 Å². The Morgan fingerprint density at radius 1 is 1.47 bits per heavy atom. The Morgan fingerprint density at radius 2 is 2.20 bits per heavy atom. The minimum absolute atomic E-state index is 0.341. The van der Waals surface area contributed by atoms with Gasteiger partial charge in [0.25, 0.3) is 0 Å². The van der Waals surface area contributed by atoms with Crippen molar-refractivity contribution in [1.82, 2.24) is 0 Å². The zero-order chi connectivity index (χ0) is 11.3. The van der Waals surface area contributed by atoms with E-state index in [1.165, 1.54) is 6.07 Å². The Hall–Kier alpha value is -1.33. The van der Waals surface area contributed by atoms with E-state index in [1.807, 2.05) is 6.92 Å². The molecule has 0 heterocycles. The SMILES string of the molecule is CC#CCCC(O)c1ccc(C)cc1F. The number of aliphatic hydroxyl groups is 1. The van der Waals surface area contributed by atoms with Crippen molar-refractivity contribution in [3.8, 4) is 11.8 Å². The number of halogens is 1. The molecule has 0 saturated carbocycles. The maximum Gasteiger partial charge on any atom is 0.129 e. The summed E-state index contributed by atoms with van der Waals surface area (Å²) >= 11 is 0. The van der Waals surface area contributed by atoms with Crippen LogP contribution in [-0.4, -0.2) is 5.11 Å². The predicted octanol–water partition coefficient (Wildman–Crippen LogP) is 2.97. The van der Waals surface area contributed by atoms with Gasteiger partial charge in [-0.15, -0.1) is 11.8 Å². The summed E-state index contributed by atoms with van der Waals surface area (Å²) in [5.41, 5.74) is 1.22. The van der Waals surface area contributed by atoms with Crippen molar-refractivity contribution < 1.29 is 9.50 Å². The van der Waals surface area contributed by atoms with Crippen molar-refractivity contribution in [3.63, 3.8) is 0 Å². The van der Waals surface area contributed by atoms with E-state index in [-0.39, 0.29) is 5.82 Å². The first kappa shape index (κ1) is 11.7. The van der Waals surface area contributed by atoms with Crippen LogP contribution in [0.25, 0.3) is 0 Å². The molecule has 2 heteroatoms. The summed E-state index contributed by atoms with van der Waals surface area (Å²) in [5, 5.41) is 9.71. The van der Waals surface area contributed by atoms with Crippen LogP contribution in [0, 0.1) is 24.6 Å². The molecule has 0 spiro atoms. The second kappa shape index (κ2) is 5.53. The van der Waals surface area contributed by atoms with E-state index in [1.54, 1.807) is 19.1 Å². The highest BCUT2D eigenvalue weighted by molar-refractivity contribution is 5.25. The highest BCUT2D eigenvalue weighted by Gasteiger charge is 2.11. The standard InChI is InChI=1S/C13H15FO/c1-3-4-5-6-13(15)11-8-7-10(2)9-12(11)14/h7-9,13,15H,5-6H2,1-2H3. The van der Waals surface area contributed by atoms with Gasteiger partial charge < -0.3 is 5.11 Å². The van der Waals surface area contributed by atoms with Gasteiger partial charge in [0.05, 0.1) is 6.10 Å². The summed E-state index contributed by atoms with van der Waals surface area (Å²) in [6.07, 6.45) is 0.303. The zero-order valence-corrected chi connectivity index (χ0v) is 9.05. The molecule has 0 saturated heterocycles. The Labute approximate surface area is 89.9 Å². The molecule has 0 fully saturated rings. The lowest BCUT2D eigenvalue weighted by molar-refractivity contribution is 0.165. The maximum absolute atomic E-state index is 13.4. The van der Waals surface area contributed by atoms with E-state index >= 15 is 0 Å². The molecule has 0 aromatic heterocycles. The van der Waals surface area contributed by atoms with Gasteiger partial charge in [-0.2, -0.15) is 0 Å². The van der Waals surface area contributed by atoms with Crippen LogP contribution < -0.4 is 0 Å². The average molecular weight is 206 g/mol. The number of hydrogen-bond donors (Lipinski definition) is 1. The van der Waals surface area contributed by atoms with Crippen LogP contribution in [-0.2, 0) is 0 Å². The summed E-state index contributed by atoms with van der Waals surface area (Å²) in [5.74, 6) is 5.25. The first-order chi connectivity index (χ1) is 7.15. The van der Waals surface area contributed by atoms with Crippen molar-refractivity contribution in [2.24, 2.45) is 0 Å². The van der Waals surface area contributed by atoms with Crippen LogP contribution in [0.5, 0.6) is 0 Å². The van der Waals surface area contributed by atoms with Gasteiger partial charge in [0.2, 0.25) is 0 Å². The molecule has 1 nitrogen and oxygen atoms in total. The van der Waals surface area contributed by atoms with Crippen molar-refractivity contribution >= 4 is 0 Å². The van der Waals surface area contributed by atoms with Crippen molar-refractivity contribution in [2.45, 2.75) is 32.8 Å². The lowest BCUT2D eigenvalue weighted by Gasteiger charge is -2.10. The Kier molecular flexibility index (Phi) is 4.33. The largest absolute Gasteiger partial charge is 0.388 e. The highest BCUT2D eigenvalue weighted by atomic mass is 19.1. The summed E-state index contributed by atoms with van der Waals surface area (Å²) in [7, 11) is 0. The van der Waals surface area contributed by atoms with Gasteiger partial charge in [0, 0.05) is 12.0 Å². The lowest BCUT2D eigenvalue weighted by atomic mass is 10.0. The fraction of sp³-hybridized carbons (Fsp3) is 0.385. The molecular formula is C13H15FO. The van der Waals surface area contributed by atoms with Crippen molar-refractivity contribution in [2.75, 3.05) is 0 Å². The van der Waals surface area contributed by atoms with Gasteiger partial charge in [0.1, 0.15) is 5.82 Å². The molecule has 0 amide bonds. The van der Waals surface area contributed by atoms with E-state index in [9.17, 15) is 9.50 Å². The molecule has 1 aromatic rings. The fourth-order valence-electron chi connectivity index (χ4n) is 1.39. The van der Waals surface area contributed by atoms with E-state index in [4.69, 9.17) is 0 Å². The van der Waals surface area contributed by atoms with Crippen molar-refractivity contribution in [1.29, 1.82) is 0 Å². The molecule has 1 unspecified atom stereocenters. The minimum Gasteiger partial charge on any atom is -0.388 e. The zero-order valence-electron chi connectivity index (χ0n) is 9.05. The monoisotopic (exact) mass is 206 g/mol. The van der Waals surface area contributed by atoms with E-state index in [0.717, 1.165) is 5.56 Å². The summed E-state index contributed by atoms with van der Waals surface area (Å²) < 4.78 is 13.4. The highest BCUT2D eigenvalue weighted by Crippen LogP contribution is 2.21. The quantitative estimate of drug-likeness (QED) is 0.754. The van der Waals surface area contributed by atoms with Gasteiger partial charge in [0.15, 0.2) is 0 Å². The molecule has 1 aromatic carbocycles. The first-order valence-electron chi connectivity index (χ1n) is 4.99. The number of aryl methyl sites for hydroxylation is 1. The molecule has 1 rings (SSSR count). The average Bonchev–Trinajstić information content (AvgIpc) is 2.17. The van der Waals surface area contributed by atoms with Crippen LogP contribution in [0.1, 0.15) is 37.0 Å². The van der Waals surface area contributed by atoms with E-state index < -0.39 is 6.10 Å². The Balaban J connectivity index is 2.71. The van der Waals surface area contributed by atoms with Crippen LogP contribution >= 0.6 is 0 Å². The number of rotatable bonds is 3. The first-order valence-corrected chi connectivity index (χ1v) is 4.99. The van der Waals surface area contributed by atoms with Crippen LogP contribution in [0.2, 0.25) is 0 Å². The number of aliphatic hydroxyl groups excluding tert-OH is 1. The number of hydrogen-bond acceptors (Lipinski definition) is 1. The minimum atomic E-state index is -0.758. The van der Waals surface area contributed by atoms with Crippen LogP contribution in [0.15, 0.2) is 18.2 Å². The second-order valence-electron chi connectivity index (χ2n) is 3.51. The maximum atomic E-state index is 13.4. The van der Waals surface area contributed by atoms with E-state index in [2.05, 4.69) is 11.8 Å². The van der Waals surface area contributed by atoms with Gasteiger partial charge in [-0.1, -0.05) is 12.1 Å². The fourth-order valence-corrected chi connectivity index (χ4v) is 1.39. The third-order valence-electron chi connectivity index (χ3n) is 2.23. The molecule has 80 valence electrons. The Bertz CT molecular complexity index is 387. The van der Waals surface area contributed by atoms with Crippen molar-refractivity contribution in [3.05, 3.63) is 35.1 Å². The molecule has 1 N–H and O–H groups in total. The molecule has 1 atom stereocenters. The van der Waals surface area contributed by atoms with Crippen LogP contribution in [0.4, 0.5) is 4.39 Å². The summed E-state index contributed by atoms with van der Waals surface area (Å²) in [6, 6.07) is 4.87. The topological polar surface area (TPSA) is 20.2 Å². The third-order valence-corrected chi connectivity index (χ3v) is 2.23. The van der Waals surface area contributed by atoms with Gasteiger partial charge in [-0.3, -0.25) is 0 Å². The molecular weight excluding hydrogens is 191 g/mol. The van der Waals surface area contributed by atoms with Gasteiger partial charge in [-0.05, 0) is 31.9 Å². The van der Waals surface area contributed by atoms with Gasteiger partial charge in [-0.25, -0.2) is 4.39 Å². The normalized spacial score (nSPS) is 11.7. The number of benzene rings is 1. The smallest absolute Gasteiger partial charge is 0.129 e. The lowest BCUT2D eigenvalue weighted by Crippen LogP contribution is -2.00. The molecule has 0 aliphatic rings. The second-order valence-corrected chi connectivity index (χ2v) is 3.51.